The number of nitrogens with one attached hydrogen (secondary N) is 2. The summed E-state index contributed by atoms with van der Waals surface area (Å²) in [7, 11) is 0. The first-order valence-electron chi connectivity index (χ1n) is 4.90. The van der Waals surface area contributed by atoms with Gasteiger partial charge in [0.25, 0.3) is 5.91 Å². The highest BCUT2D eigenvalue weighted by Gasteiger charge is 2.08. The first-order valence-corrected chi connectivity index (χ1v) is 4.90. The molecule has 1 aromatic rings. The van der Waals surface area contributed by atoms with Crippen LogP contribution < -0.4 is 10.6 Å². The molecule has 0 radical (unpaired) electrons. The number of rotatable bonds is 4. The summed E-state index contributed by atoms with van der Waals surface area (Å²) in [5, 5.41) is 13.7. The molecule has 0 saturated carbocycles. The first kappa shape index (κ1) is 12.2. The normalized spacial score (nSPS) is 11.6. The smallest absolute Gasteiger partial charge is 0.252 e. The topological polar surface area (TPSA) is 78.4 Å². The average molecular weight is 222 g/mol. The molecule has 3 N–H and O–H groups in total. The van der Waals surface area contributed by atoms with Gasteiger partial charge in [0.05, 0.1) is 6.67 Å². The van der Waals surface area contributed by atoms with Gasteiger partial charge in [0, 0.05) is 5.56 Å². The van der Waals surface area contributed by atoms with E-state index in [0.29, 0.717) is 5.56 Å². The van der Waals surface area contributed by atoms with E-state index in [1.54, 1.807) is 24.3 Å². The lowest BCUT2D eigenvalue weighted by molar-refractivity contribution is -0.128. The zero-order valence-electron chi connectivity index (χ0n) is 8.93. The molecule has 0 saturated heterocycles. The Morgan fingerprint density at radius 2 is 1.88 bits per heavy atom. The minimum absolute atomic E-state index is 0.00252. The van der Waals surface area contributed by atoms with Crippen LogP contribution in [0, 0.1) is 0 Å². The third kappa shape index (κ3) is 3.70. The van der Waals surface area contributed by atoms with Crippen molar-refractivity contribution in [3.63, 3.8) is 0 Å². The third-order valence-electron chi connectivity index (χ3n) is 1.93. The Labute approximate surface area is 93.5 Å². The minimum Gasteiger partial charge on any atom is -0.384 e. The maximum Gasteiger partial charge on any atom is 0.252 e. The number of carbonyl (C=O) groups is 2. The highest BCUT2D eigenvalue weighted by atomic mass is 16.3. The number of hydrogen-bond acceptors (Lipinski definition) is 3. The van der Waals surface area contributed by atoms with E-state index >= 15 is 0 Å². The van der Waals surface area contributed by atoms with Crippen LogP contribution in [-0.4, -0.2) is 29.7 Å². The molecule has 0 heterocycles. The Bertz CT molecular complexity index is 363. The van der Waals surface area contributed by atoms with Gasteiger partial charge in [-0.15, -0.1) is 0 Å². The van der Waals surface area contributed by atoms with E-state index in [1.165, 1.54) is 6.92 Å². The lowest BCUT2D eigenvalue weighted by Crippen LogP contribution is -2.41. The van der Waals surface area contributed by atoms with Crippen LogP contribution in [-0.2, 0) is 4.79 Å². The molecule has 16 heavy (non-hydrogen) atoms. The molecular formula is C11H14N2O3. The van der Waals surface area contributed by atoms with Crippen molar-refractivity contribution >= 4 is 11.8 Å². The van der Waals surface area contributed by atoms with Gasteiger partial charge >= 0.3 is 0 Å². The quantitative estimate of drug-likeness (QED) is 0.621. The second kappa shape index (κ2) is 5.87. The van der Waals surface area contributed by atoms with E-state index in [-0.39, 0.29) is 12.6 Å². The molecule has 2 amide bonds. The summed E-state index contributed by atoms with van der Waals surface area (Å²) < 4.78 is 0. The molecule has 1 atom stereocenters. The fourth-order valence-electron chi connectivity index (χ4n) is 1.05. The largest absolute Gasteiger partial charge is 0.384 e. The van der Waals surface area contributed by atoms with Crippen molar-refractivity contribution in [2.24, 2.45) is 0 Å². The zero-order chi connectivity index (χ0) is 12.0. The number of carbonyl (C=O) groups excluding carboxylic acids is 2. The SMILES string of the molecule is CC(O)C(=O)NCNC(=O)c1ccccc1. The first-order chi connectivity index (χ1) is 7.61. The Morgan fingerprint density at radius 3 is 2.44 bits per heavy atom. The number of aliphatic hydroxyl groups excluding tert-OH is 1. The summed E-state index contributed by atoms with van der Waals surface area (Å²) in [4.78, 5) is 22.4. The molecule has 1 aromatic carbocycles. The summed E-state index contributed by atoms with van der Waals surface area (Å²) in [6.45, 7) is 1.35. The summed E-state index contributed by atoms with van der Waals surface area (Å²) in [5.74, 6) is -0.792. The molecule has 0 aromatic heterocycles. The van der Waals surface area contributed by atoms with Gasteiger partial charge in [-0.3, -0.25) is 9.59 Å². The van der Waals surface area contributed by atoms with Crippen LogP contribution in [0.2, 0.25) is 0 Å². The van der Waals surface area contributed by atoms with Crippen LogP contribution in [0.25, 0.3) is 0 Å². The predicted octanol–water partition coefficient (Wildman–Crippen LogP) is -0.129. The summed E-state index contributed by atoms with van der Waals surface area (Å²) in [6.07, 6.45) is -1.08. The summed E-state index contributed by atoms with van der Waals surface area (Å²) >= 11 is 0. The van der Waals surface area contributed by atoms with Crippen LogP contribution in [0.1, 0.15) is 17.3 Å². The molecular weight excluding hydrogens is 208 g/mol. The molecule has 5 heteroatoms. The molecule has 1 rings (SSSR count). The molecule has 0 spiro atoms. The van der Waals surface area contributed by atoms with E-state index in [1.807, 2.05) is 6.07 Å². The average Bonchev–Trinajstić information content (AvgIpc) is 2.29. The van der Waals surface area contributed by atoms with Crippen molar-refractivity contribution in [1.82, 2.24) is 10.6 Å². The van der Waals surface area contributed by atoms with Crippen LogP contribution in [0.4, 0.5) is 0 Å². The molecule has 0 aliphatic carbocycles. The molecule has 86 valence electrons. The Hall–Kier alpha value is -1.88. The number of hydrogen-bond donors (Lipinski definition) is 3. The van der Waals surface area contributed by atoms with Crippen molar-refractivity contribution in [3.05, 3.63) is 35.9 Å². The molecule has 0 fully saturated rings. The minimum atomic E-state index is -1.08. The third-order valence-corrected chi connectivity index (χ3v) is 1.93. The van der Waals surface area contributed by atoms with Crippen molar-refractivity contribution in [1.29, 1.82) is 0 Å². The van der Waals surface area contributed by atoms with E-state index in [9.17, 15) is 9.59 Å². The van der Waals surface area contributed by atoms with Crippen LogP contribution in [0.5, 0.6) is 0 Å². The number of aliphatic hydroxyl groups is 1. The van der Waals surface area contributed by atoms with E-state index in [0.717, 1.165) is 0 Å². The van der Waals surface area contributed by atoms with Gasteiger partial charge in [-0.05, 0) is 19.1 Å². The standard InChI is InChI=1S/C11H14N2O3/c1-8(14)10(15)12-7-13-11(16)9-5-3-2-4-6-9/h2-6,8,14H,7H2,1H3,(H,12,15)(H,13,16). The predicted molar refractivity (Wildman–Crippen MR) is 58.6 cm³/mol. The van der Waals surface area contributed by atoms with E-state index in [4.69, 9.17) is 5.11 Å². The van der Waals surface area contributed by atoms with Crippen LogP contribution in [0.15, 0.2) is 30.3 Å². The van der Waals surface area contributed by atoms with Crippen molar-refractivity contribution in [3.8, 4) is 0 Å². The monoisotopic (exact) mass is 222 g/mol. The van der Waals surface area contributed by atoms with Crippen molar-refractivity contribution < 1.29 is 14.7 Å². The molecule has 1 unspecified atom stereocenters. The Kier molecular flexibility index (Phi) is 4.47. The van der Waals surface area contributed by atoms with Gasteiger partial charge in [0.2, 0.25) is 5.91 Å². The van der Waals surface area contributed by atoms with Crippen molar-refractivity contribution in [2.45, 2.75) is 13.0 Å². The highest BCUT2D eigenvalue weighted by Crippen LogP contribution is 1.96. The maximum absolute atomic E-state index is 11.5. The van der Waals surface area contributed by atoms with Gasteiger partial charge in [0.15, 0.2) is 0 Å². The Morgan fingerprint density at radius 1 is 1.25 bits per heavy atom. The number of amides is 2. The fourth-order valence-corrected chi connectivity index (χ4v) is 1.05. The van der Waals surface area contributed by atoms with Gasteiger partial charge in [0.1, 0.15) is 6.10 Å². The molecule has 0 aliphatic rings. The van der Waals surface area contributed by atoms with Gasteiger partial charge < -0.3 is 15.7 Å². The van der Waals surface area contributed by atoms with Gasteiger partial charge in [-0.1, -0.05) is 18.2 Å². The second-order valence-corrected chi connectivity index (χ2v) is 3.27. The van der Waals surface area contributed by atoms with Crippen molar-refractivity contribution in [2.75, 3.05) is 6.67 Å². The van der Waals surface area contributed by atoms with E-state index < -0.39 is 12.0 Å². The maximum atomic E-state index is 11.5. The lowest BCUT2D eigenvalue weighted by Gasteiger charge is -2.08. The Balaban J connectivity index is 2.34. The second-order valence-electron chi connectivity index (χ2n) is 3.27. The lowest BCUT2D eigenvalue weighted by atomic mass is 10.2. The summed E-state index contributed by atoms with van der Waals surface area (Å²) in [6, 6.07) is 8.66. The van der Waals surface area contributed by atoms with Gasteiger partial charge in [-0.2, -0.15) is 0 Å². The highest BCUT2D eigenvalue weighted by molar-refractivity contribution is 5.94. The van der Waals surface area contributed by atoms with E-state index in [2.05, 4.69) is 10.6 Å². The van der Waals surface area contributed by atoms with Crippen LogP contribution >= 0.6 is 0 Å². The molecule has 5 nitrogen and oxygen atoms in total. The fraction of sp³-hybridized carbons (Fsp3) is 0.273. The van der Waals surface area contributed by atoms with Crippen LogP contribution in [0.3, 0.4) is 0 Å². The molecule has 0 aliphatic heterocycles. The number of benzene rings is 1. The zero-order valence-corrected chi connectivity index (χ0v) is 8.93. The van der Waals surface area contributed by atoms with Gasteiger partial charge in [-0.25, -0.2) is 0 Å². The summed E-state index contributed by atoms with van der Waals surface area (Å²) in [5.41, 5.74) is 0.522. The molecule has 0 bridgehead atoms.